The maximum absolute atomic E-state index is 12.9. The largest absolute Gasteiger partial charge is 0.493 e. The van der Waals surface area contributed by atoms with E-state index in [4.69, 9.17) is 18.9 Å². The number of hydrogen-bond donors (Lipinski definition) is 1. The van der Waals surface area contributed by atoms with Crippen molar-refractivity contribution in [3.63, 3.8) is 0 Å². The Labute approximate surface area is 180 Å². The molecule has 3 aromatic rings. The lowest BCUT2D eigenvalue weighted by atomic mass is 10.1. The summed E-state index contributed by atoms with van der Waals surface area (Å²) in [6.45, 7) is 0.383. The Bertz CT molecular complexity index is 1060. The van der Waals surface area contributed by atoms with E-state index < -0.39 is 11.9 Å². The maximum atomic E-state index is 12.9. The average Bonchev–Trinajstić information content (AvgIpc) is 2.82. The van der Waals surface area contributed by atoms with Gasteiger partial charge in [0.15, 0.2) is 11.5 Å². The van der Waals surface area contributed by atoms with Gasteiger partial charge in [-0.25, -0.2) is 4.79 Å². The van der Waals surface area contributed by atoms with Crippen molar-refractivity contribution in [2.75, 3.05) is 26.6 Å². The predicted molar refractivity (Wildman–Crippen MR) is 116 cm³/mol. The summed E-state index contributed by atoms with van der Waals surface area (Å²) in [4.78, 5) is 25.1. The van der Waals surface area contributed by atoms with Gasteiger partial charge in [0.1, 0.15) is 12.4 Å². The van der Waals surface area contributed by atoms with Gasteiger partial charge in [0.25, 0.3) is 5.91 Å². The maximum Gasteiger partial charge on any atom is 0.340 e. The molecule has 160 valence electrons. The molecule has 0 bridgehead atoms. The Balaban J connectivity index is 1.81. The second kappa shape index (κ2) is 10.2. The summed E-state index contributed by atoms with van der Waals surface area (Å²) < 4.78 is 21.1. The molecule has 3 aromatic carbocycles. The standard InChI is InChI=1S/C24H23NO6/c1-28-21-13-19(24(27)30-3)20(14-22(21)29-2)25-23(26)17-10-7-11-18(12-17)31-15-16-8-5-4-6-9-16/h4-14H,15H2,1-3H3,(H,25,26). The molecular formula is C24H23NO6. The molecule has 1 amide bonds. The van der Waals surface area contributed by atoms with Gasteiger partial charge in [-0.05, 0) is 23.8 Å². The minimum absolute atomic E-state index is 0.144. The van der Waals surface area contributed by atoms with Crippen LogP contribution >= 0.6 is 0 Å². The summed E-state index contributed by atoms with van der Waals surface area (Å²) in [6.07, 6.45) is 0. The van der Waals surface area contributed by atoms with Crippen LogP contribution in [0.4, 0.5) is 5.69 Å². The first-order valence-electron chi connectivity index (χ1n) is 9.48. The Morgan fingerprint density at radius 2 is 1.55 bits per heavy atom. The highest BCUT2D eigenvalue weighted by atomic mass is 16.5. The fourth-order valence-electron chi connectivity index (χ4n) is 2.92. The quantitative estimate of drug-likeness (QED) is 0.546. The predicted octanol–water partition coefficient (Wildman–Crippen LogP) is 4.32. The zero-order chi connectivity index (χ0) is 22.2. The highest BCUT2D eigenvalue weighted by Gasteiger charge is 2.20. The third-order valence-corrected chi connectivity index (χ3v) is 4.52. The van der Waals surface area contributed by atoms with Crippen LogP contribution in [0.1, 0.15) is 26.3 Å². The van der Waals surface area contributed by atoms with Crippen molar-refractivity contribution >= 4 is 17.6 Å². The van der Waals surface area contributed by atoms with Gasteiger partial charge in [0, 0.05) is 17.7 Å². The smallest absolute Gasteiger partial charge is 0.340 e. The van der Waals surface area contributed by atoms with Crippen LogP contribution in [0.2, 0.25) is 0 Å². The van der Waals surface area contributed by atoms with Gasteiger partial charge in [-0.2, -0.15) is 0 Å². The molecule has 7 heteroatoms. The lowest BCUT2D eigenvalue weighted by molar-refractivity contribution is 0.0601. The fraction of sp³-hybridized carbons (Fsp3) is 0.167. The topological polar surface area (TPSA) is 83.1 Å². The molecule has 7 nitrogen and oxygen atoms in total. The number of hydrogen-bond acceptors (Lipinski definition) is 6. The lowest BCUT2D eigenvalue weighted by Crippen LogP contribution is -2.16. The van der Waals surface area contributed by atoms with Gasteiger partial charge < -0.3 is 24.3 Å². The number of amides is 1. The van der Waals surface area contributed by atoms with Crippen LogP contribution in [0, 0.1) is 0 Å². The zero-order valence-electron chi connectivity index (χ0n) is 17.5. The minimum Gasteiger partial charge on any atom is -0.493 e. The Morgan fingerprint density at radius 1 is 0.839 bits per heavy atom. The van der Waals surface area contributed by atoms with Crippen LogP contribution in [-0.2, 0) is 11.3 Å². The number of carbonyl (C=O) groups excluding carboxylic acids is 2. The summed E-state index contributed by atoms with van der Waals surface area (Å²) in [7, 11) is 4.19. The van der Waals surface area contributed by atoms with Crippen LogP contribution < -0.4 is 19.5 Å². The van der Waals surface area contributed by atoms with E-state index in [1.165, 1.54) is 33.5 Å². The molecule has 31 heavy (non-hydrogen) atoms. The van der Waals surface area contributed by atoms with Crippen LogP contribution in [-0.4, -0.2) is 33.2 Å². The van der Waals surface area contributed by atoms with Crippen LogP contribution in [0.5, 0.6) is 17.2 Å². The molecule has 0 aliphatic carbocycles. The fourth-order valence-corrected chi connectivity index (χ4v) is 2.92. The molecule has 0 saturated heterocycles. The van der Waals surface area contributed by atoms with Gasteiger partial charge in [-0.1, -0.05) is 36.4 Å². The van der Waals surface area contributed by atoms with Crippen molar-refractivity contribution < 1.29 is 28.5 Å². The molecule has 0 saturated carbocycles. The zero-order valence-corrected chi connectivity index (χ0v) is 17.5. The second-order valence-electron chi connectivity index (χ2n) is 6.50. The van der Waals surface area contributed by atoms with E-state index in [9.17, 15) is 9.59 Å². The van der Waals surface area contributed by atoms with Crippen LogP contribution in [0.15, 0.2) is 66.7 Å². The first-order chi connectivity index (χ1) is 15.0. The molecule has 0 radical (unpaired) electrons. The van der Waals surface area contributed by atoms with Crippen molar-refractivity contribution in [3.05, 3.63) is 83.4 Å². The molecule has 0 atom stereocenters. The van der Waals surface area contributed by atoms with Gasteiger partial charge >= 0.3 is 5.97 Å². The summed E-state index contributed by atoms with van der Waals surface area (Å²) in [5.74, 6) is 0.235. The summed E-state index contributed by atoms with van der Waals surface area (Å²) in [6, 6.07) is 19.5. The molecule has 0 aliphatic rings. The molecule has 3 rings (SSSR count). The Morgan fingerprint density at radius 3 is 2.23 bits per heavy atom. The van der Waals surface area contributed by atoms with Gasteiger partial charge in [0.2, 0.25) is 0 Å². The summed E-state index contributed by atoms with van der Waals surface area (Å²) in [5.41, 5.74) is 1.77. The molecule has 0 heterocycles. The molecule has 0 aromatic heterocycles. The van der Waals surface area contributed by atoms with E-state index in [0.29, 0.717) is 29.4 Å². The van der Waals surface area contributed by atoms with Crippen molar-refractivity contribution in [2.24, 2.45) is 0 Å². The highest BCUT2D eigenvalue weighted by molar-refractivity contribution is 6.08. The lowest BCUT2D eigenvalue weighted by Gasteiger charge is -2.15. The number of esters is 1. The van der Waals surface area contributed by atoms with Crippen molar-refractivity contribution in [3.8, 4) is 17.2 Å². The number of carbonyl (C=O) groups is 2. The van der Waals surface area contributed by atoms with Crippen molar-refractivity contribution in [2.45, 2.75) is 6.61 Å². The monoisotopic (exact) mass is 421 g/mol. The first-order valence-corrected chi connectivity index (χ1v) is 9.48. The SMILES string of the molecule is COC(=O)c1cc(OC)c(OC)cc1NC(=O)c1cccc(OCc2ccccc2)c1. The van der Waals surface area contributed by atoms with E-state index in [1.54, 1.807) is 24.3 Å². The van der Waals surface area contributed by atoms with E-state index in [2.05, 4.69) is 5.32 Å². The van der Waals surface area contributed by atoms with E-state index in [0.717, 1.165) is 5.56 Å². The van der Waals surface area contributed by atoms with E-state index in [-0.39, 0.29) is 11.3 Å². The van der Waals surface area contributed by atoms with Crippen LogP contribution in [0.3, 0.4) is 0 Å². The van der Waals surface area contributed by atoms with Crippen molar-refractivity contribution in [1.29, 1.82) is 0 Å². The number of benzene rings is 3. The summed E-state index contributed by atoms with van der Waals surface area (Å²) in [5, 5.41) is 2.74. The van der Waals surface area contributed by atoms with Crippen LogP contribution in [0.25, 0.3) is 0 Å². The molecule has 0 spiro atoms. The number of methoxy groups -OCH3 is 3. The third kappa shape index (κ3) is 5.33. The molecular weight excluding hydrogens is 398 g/mol. The third-order valence-electron chi connectivity index (χ3n) is 4.52. The Kier molecular flexibility index (Phi) is 7.11. The van der Waals surface area contributed by atoms with Gasteiger partial charge in [-0.15, -0.1) is 0 Å². The Hall–Kier alpha value is -4.00. The van der Waals surface area contributed by atoms with E-state index >= 15 is 0 Å². The van der Waals surface area contributed by atoms with Gasteiger partial charge in [0.05, 0.1) is 32.6 Å². The molecule has 0 fully saturated rings. The molecule has 0 aliphatic heterocycles. The number of rotatable bonds is 8. The average molecular weight is 421 g/mol. The molecule has 1 N–H and O–H groups in total. The highest BCUT2D eigenvalue weighted by Crippen LogP contribution is 2.34. The normalized spacial score (nSPS) is 10.2. The number of anilines is 1. The van der Waals surface area contributed by atoms with Crippen molar-refractivity contribution in [1.82, 2.24) is 0 Å². The second-order valence-corrected chi connectivity index (χ2v) is 6.50. The minimum atomic E-state index is -0.615. The van der Waals surface area contributed by atoms with Gasteiger partial charge in [-0.3, -0.25) is 4.79 Å². The number of nitrogens with one attached hydrogen (secondary N) is 1. The molecule has 0 unspecified atom stereocenters. The number of ether oxygens (including phenoxy) is 4. The van der Waals surface area contributed by atoms with E-state index in [1.807, 2.05) is 30.3 Å². The summed E-state index contributed by atoms with van der Waals surface area (Å²) >= 11 is 0. The first kappa shape index (κ1) is 21.7.